The lowest BCUT2D eigenvalue weighted by Gasteiger charge is -2.10. The molecule has 0 aliphatic rings. The van der Waals surface area contributed by atoms with Crippen LogP contribution in [0.3, 0.4) is 0 Å². The second kappa shape index (κ2) is 4.02. The zero-order valence-corrected chi connectivity index (χ0v) is 9.70. The molecule has 6 heteroatoms. The number of hydrogen-bond acceptors (Lipinski definition) is 1. The fourth-order valence-electron chi connectivity index (χ4n) is 0.884. The van der Waals surface area contributed by atoms with Crippen LogP contribution in [0.2, 0.25) is 0 Å². The smallest absolute Gasteiger partial charge is 0.298 e. The van der Waals surface area contributed by atoms with E-state index in [1.54, 1.807) is 0 Å². The number of alkyl halides is 3. The third-order valence-corrected chi connectivity index (χ3v) is 3.50. The molecule has 0 aliphatic carbocycles. The molecular weight excluding hydrogens is 329 g/mol. The predicted octanol–water partition coefficient (Wildman–Crippen LogP) is 4.04. The first-order chi connectivity index (χ1) is 6.36. The number of carbonyl (C=O) groups is 1. The van der Waals surface area contributed by atoms with Crippen molar-refractivity contribution in [1.29, 1.82) is 0 Å². The maximum absolute atomic E-state index is 12.4. The van der Waals surface area contributed by atoms with Crippen LogP contribution in [0.15, 0.2) is 21.1 Å². The van der Waals surface area contributed by atoms with Crippen molar-refractivity contribution in [2.45, 2.75) is 6.18 Å². The van der Waals surface area contributed by atoms with Crippen LogP contribution in [0, 0.1) is 0 Å². The molecule has 0 radical (unpaired) electrons. The minimum absolute atomic E-state index is 0.0209. The topological polar surface area (TPSA) is 17.1 Å². The molecule has 0 saturated carbocycles. The summed E-state index contributed by atoms with van der Waals surface area (Å²) in [7, 11) is 0. The Hall–Kier alpha value is -0.360. The van der Waals surface area contributed by atoms with Crippen molar-refractivity contribution >= 4 is 38.1 Å². The number of benzene rings is 1. The molecule has 0 aromatic heterocycles. The van der Waals surface area contributed by atoms with Gasteiger partial charge in [0.15, 0.2) is 0 Å². The van der Waals surface area contributed by atoms with Gasteiger partial charge in [-0.2, -0.15) is 13.2 Å². The van der Waals surface area contributed by atoms with E-state index in [2.05, 4.69) is 31.9 Å². The lowest BCUT2D eigenvalue weighted by Crippen LogP contribution is -2.07. The first kappa shape index (κ1) is 11.7. The van der Waals surface area contributed by atoms with Crippen LogP contribution in [0.5, 0.6) is 0 Å². The zero-order chi connectivity index (χ0) is 10.9. The number of hydrogen-bond donors (Lipinski definition) is 0. The minimum atomic E-state index is -4.47. The maximum atomic E-state index is 12.4. The molecule has 0 aliphatic heterocycles. The van der Waals surface area contributed by atoms with Crippen LogP contribution >= 0.6 is 31.9 Å². The van der Waals surface area contributed by atoms with Gasteiger partial charge in [-0.25, -0.2) is 0 Å². The third kappa shape index (κ3) is 2.36. The van der Waals surface area contributed by atoms with Crippen molar-refractivity contribution in [1.82, 2.24) is 0 Å². The molecule has 1 rings (SSSR count). The Bertz CT molecular complexity index is 374. The summed E-state index contributed by atoms with van der Waals surface area (Å²) in [5.74, 6) is 0. The second-order valence-electron chi connectivity index (χ2n) is 2.48. The van der Waals surface area contributed by atoms with Crippen molar-refractivity contribution in [2.75, 3.05) is 0 Å². The number of rotatable bonds is 1. The van der Waals surface area contributed by atoms with E-state index in [0.29, 0.717) is 6.29 Å². The standard InChI is InChI=1S/C8H3Br2F3O/c9-6-2-4(3-14)1-5(7(6)10)8(11,12)13/h1-3H. The average molecular weight is 332 g/mol. The van der Waals surface area contributed by atoms with Gasteiger partial charge in [-0.05, 0) is 44.0 Å². The van der Waals surface area contributed by atoms with Gasteiger partial charge in [0.05, 0.1) is 5.56 Å². The summed E-state index contributed by atoms with van der Waals surface area (Å²) in [6, 6.07) is 2.11. The van der Waals surface area contributed by atoms with Gasteiger partial charge in [-0.1, -0.05) is 0 Å². The molecule has 0 bridgehead atoms. The summed E-state index contributed by atoms with van der Waals surface area (Å²) in [5, 5.41) is 0. The molecule has 1 nitrogen and oxygen atoms in total. The Morgan fingerprint density at radius 2 is 1.79 bits per heavy atom. The highest BCUT2D eigenvalue weighted by Gasteiger charge is 2.34. The summed E-state index contributed by atoms with van der Waals surface area (Å²) < 4.78 is 37.2. The number of carbonyl (C=O) groups excluding carboxylic acids is 1. The van der Waals surface area contributed by atoms with Crippen LogP contribution in [0.25, 0.3) is 0 Å². The van der Waals surface area contributed by atoms with Crippen LogP contribution < -0.4 is 0 Å². The molecule has 0 fully saturated rings. The van der Waals surface area contributed by atoms with Gasteiger partial charge < -0.3 is 0 Å². The first-order valence-electron chi connectivity index (χ1n) is 3.37. The molecule has 1 aromatic rings. The molecule has 76 valence electrons. The largest absolute Gasteiger partial charge is 0.417 e. The van der Waals surface area contributed by atoms with Gasteiger partial charge in [0.25, 0.3) is 0 Å². The Morgan fingerprint density at radius 3 is 2.21 bits per heavy atom. The van der Waals surface area contributed by atoms with Gasteiger partial charge in [0, 0.05) is 14.5 Å². The number of halogens is 5. The molecule has 14 heavy (non-hydrogen) atoms. The quantitative estimate of drug-likeness (QED) is 0.710. The van der Waals surface area contributed by atoms with E-state index in [9.17, 15) is 18.0 Å². The SMILES string of the molecule is O=Cc1cc(Br)c(Br)c(C(F)(F)F)c1. The van der Waals surface area contributed by atoms with E-state index in [1.807, 2.05) is 0 Å². The average Bonchev–Trinajstić information content (AvgIpc) is 2.07. The Kier molecular flexibility index (Phi) is 3.36. The summed E-state index contributed by atoms with van der Waals surface area (Å²) in [5.41, 5.74) is -0.888. The zero-order valence-electron chi connectivity index (χ0n) is 6.53. The van der Waals surface area contributed by atoms with Gasteiger partial charge in [0.1, 0.15) is 6.29 Å². The van der Waals surface area contributed by atoms with E-state index in [-0.39, 0.29) is 14.5 Å². The van der Waals surface area contributed by atoms with Crippen LogP contribution in [0.1, 0.15) is 15.9 Å². The summed E-state index contributed by atoms with van der Waals surface area (Å²) in [6.45, 7) is 0. The lowest BCUT2D eigenvalue weighted by molar-refractivity contribution is -0.138. The third-order valence-electron chi connectivity index (χ3n) is 1.49. The molecule has 0 atom stereocenters. The van der Waals surface area contributed by atoms with Crippen LogP contribution in [-0.2, 0) is 6.18 Å². The van der Waals surface area contributed by atoms with E-state index >= 15 is 0 Å². The Labute approximate surface area is 94.6 Å². The summed E-state index contributed by atoms with van der Waals surface area (Å²) in [6.07, 6.45) is -4.10. The van der Waals surface area contributed by atoms with Gasteiger partial charge in [-0.3, -0.25) is 4.79 Å². The van der Waals surface area contributed by atoms with E-state index in [1.165, 1.54) is 6.07 Å². The molecule has 0 heterocycles. The molecule has 1 aromatic carbocycles. The normalized spacial score (nSPS) is 11.5. The summed E-state index contributed by atoms with van der Waals surface area (Å²) in [4.78, 5) is 10.3. The van der Waals surface area contributed by atoms with Crippen molar-refractivity contribution in [2.24, 2.45) is 0 Å². The van der Waals surface area contributed by atoms with Gasteiger partial charge in [-0.15, -0.1) is 0 Å². The monoisotopic (exact) mass is 330 g/mol. The highest BCUT2D eigenvalue weighted by Crippen LogP contribution is 2.38. The van der Waals surface area contributed by atoms with Crippen molar-refractivity contribution in [3.05, 3.63) is 32.2 Å². The van der Waals surface area contributed by atoms with Gasteiger partial charge in [0.2, 0.25) is 0 Å². The molecule has 0 spiro atoms. The van der Waals surface area contributed by atoms with E-state index in [0.717, 1.165) is 6.07 Å². The Balaban J connectivity index is 3.42. The summed E-state index contributed by atoms with van der Waals surface area (Å²) >= 11 is 5.72. The molecule has 0 saturated heterocycles. The Morgan fingerprint density at radius 1 is 1.21 bits per heavy atom. The van der Waals surface area contributed by atoms with E-state index < -0.39 is 11.7 Å². The molecule has 0 unspecified atom stereocenters. The first-order valence-corrected chi connectivity index (χ1v) is 4.96. The van der Waals surface area contributed by atoms with Gasteiger partial charge >= 0.3 is 6.18 Å². The second-order valence-corrected chi connectivity index (χ2v) is 4.13. The van der Waals surface area contributed by atoms with E-state index in [4.69, 9.17) is 0 Å². The molecular formula is C8H3Br2F3O. The van der Waals surface area contributed by atoms with Crippen LogP contribution in [0.4, 0.5) is 13.2 Å². The minimum Gasteiger partial charge on any atom is -0.298 e. The van der Waals surface area contributed by atoms with Crippen molar-refractivity contribution in [3.8, 4) is 0 Å². The fraction of sp³-hybridized carbons (Fsp3) is 0.125. The predicted molar refractivity (Wildman–Crippen MR) is 52.2 cm³/mol. The van der Waals surface area contributed by atoms with Crippen molar-refractivity contribution in [3.63, 3.8) is 0 Å². The molecule has 0 amide bonds. The number of aldehydes is 1. The fourth-order valence-corrected chi connectivity index (χ4v) is 1.82. The maximum Gasteiger partial charge on any atom is 0.417 e. The highest BCUT2D eigenvalue weighted by atomic mass is 79.9. The highest BCUT2D eigenvalue weighted by molar-refractivity contribution is 9.13. The van der Waals surface area contributed by atoms with Crippen molar-refractivity contribution < 1.29 is 18.0 Å². The van der Waals surface area contributed by atoms with Crippen LogP contribution in [-0.4, -0.2) is 6.29 Å². The molecule has 0 N–H and O–H groups in total. The lowest BCUT2D eigenvalue weighted by atomic mass is 10.1.